The summed E-state index contributed by atoms with van der Waals surface area (Å²) in [4.78, 5) is 35.4. The second-order valence-electron chi connectivity index (χ2n) is 9.23. The van der Waals surface area contributed by atoms with Gasteiger partial charge in [0, 0.05) is 30.9 Å². The van der Waals surface area contributed by atoms with Crippen molar-refractivity contribution in [2.24, 2.45) is 10.9 Å². The lowest BCUT2D eigenvalue weighted by Gasteiger charge is -2.31. The first-order chi connectivity index (χ1) is 15.9. The number of benzodiazepines with no additional fused rings is 1. The molecule has 2 N–H and O–H groups in total. The fourth-order valence-electron chi connectivity index (χ4n) is 4.43. The normalized spacial score (nSPS) is 18.5. The number of amides is 3. The van der Waals surface area contributed by atoms with Crippen LogP contribution in [0.1, 0.15) is 44.2 Å². The van der Waals surface area contributed by atoms with E-state index in [1.54, 1.807) is 4.90 Å². The summed E-state index contributed by atoms with van der Waals surface area (Å²) < 4.78 is 0. The third-order valence-electron chi connectivity index (χ3n) is 5.93. The van der Waals surface area contributed by atoms with E-state index < -0.39 is 12.2 Å². The van der Waals surface area contributed by atoms with Gasteiger partial charge in [-0.1, -0.05) is 38.1 Å². The Hall–Kier alpha value is -3.35. The number of nitrogens with zero attached hydrogens (tertiary/aromatic N) is 3. The highest BCUT2D eigenvalue weighted by atomic mass is 16.2. The fourth-order valence-corrected chi connectivity index (χ4v) is 4.43. The molecule has 0 radical (unpaired) electrons. The van der Waals surface area contributed by atoms with Crippen molar-refractivity contribution in [2.75, 3.05) is 29.9 Å². The number of likely N-dealkylation sites (tertiary alicyclic amines) is 1. The number of anilines is 2. The van der Waals surface area contributed by atoms with Crippen LogP contribution in [-0.2, 0) is 4.79 Å². The Morgan fingerprint density at radius 1 is 1.09 bits per heavy atom. The second kappa shape index (κ2) is 10.1. The maximum Gasteiger partial charge on any atom is 0.321 e. The molecule has 0 aliphatic carbocycles. The maximum atomic E-state index is 13.7. The van der Waals surface area contributed by atoms with Crippen molar-refractivity contribution < 1.29 is 9.59 Å². The number of hydrogen-bond acceptors (Lipinski definition) is 4. The second-order valence-corrected chi connectivity index (χ2v) is 9.23. The third-order valence-corrected chi connectivity index (χ3v) is 5.93. The summed E-state index contributed by atoms with van der Waals surface area (Å²) in [5.74, 6) is 0.827. The van der Waals surface area contributed by atoms with Crippen LogP contribution in [0.5, 0.6) is 0 Å². The minimum absolute atomic E-state index is 0.220. The lowest BCUT2D eigenvalue weighted by molar-refractivity contribution is -0.120. The number of nitrogens with one attached hydrogen (secondary N) is 2. The van der Waals surface area contributed by atoms with Gasteiger partial charge in [-0.25, -0.2) is 9.79 Å². The van der Waals surface area contributed by atoms with E-state index in [0.717, 1.165) is 48.6 Å². The molecule has 2 aliphatic rings. The summed E-state index contributed by atoms with van der Waals surface area (Å²) >= 11 is 0. The Morgan fingerprint density at radius 2 is 1.85 bits per heavy atom. The number of carbonyl (C=O) groups is 2. The molecular weight excluding hydrogens is 414 g/mol. The Labute approximate surface area is 195 Å². The van der Waals surface area contributed by atoms with Crippen LogP contribution in [0, 0.1) is 12.8 Å². The molecule has 174 valence electrons. The average Bonchev–Trinajstić information content (AvgIpc) is 2.90. The summed E-state index contributed by atoms with van der Waals surface area (Å²) in [5.41, 5.74) is 3.51. The van der Waals surface area contributed by atoms with Gasteiger partial charge in [0.2, 0.25) is 6.17 Å². The highest BCUT2D eigenvalue weighted by Gasteiger charge is 2.34. The number of piperidine rings is 1. The monoisotopic (exact) mass is 447 g/mol. The highest BCUT2D eigenvalue weighted by Crippen LogP contribution is 2.29. The molecule has 1 saturated heterocycles. The molecule has 7 nitrogen and oxygen atoms in total. The number of fused-ring (bicyclic) bond motifs is 1. The number of rotatable bonds is 4. The topological polar surface area (TPSA) is 77.0 Å². The van der Waals surface area contributed by atoms with E-state index in [4.69, 9.17) is 4.99 Å². The Balaban J connectivity index is 1.68. The lowest BCUT2D eigenvalue weighted by atomic mass is 10.1. The molecule has 33 heavy (non-hydrogen) atoms. The predicted octanol–water partition coefficient (Wildman–Crippen LogP) is 4.38. The average molecular weight is 448 g/mol. The molecule has 0 spiro atoms. The van der Waals surface area contributed by atoms with Crippen molar-refractivity contribution in [1.29, 1.82) is 0 Å². The first-order valence-electron chi connectivity index (χ1n) is 11.8. The number of aliphatic imine (C=N–C) groups is 1. The zero-order valence-corrected chi connectivity index (χ0v) is 19.7. The van der Waals surface area contributed by atoms with Crippen LogP contribution in [-0.4, -0.2) is 48.5 Å². The zero-order chi connectivity index (χ0) is 23.4. The van der Waals surface area contributed by atoms with E-state index in [-0.39, 0.29) is 11.8 Å². The first-order valence-corrected chi connectivity index (χ1v) is 11.8. The summed E-state index contributed by atoms with van der Waals surface area (Å²) in [5, 5.41) is 5.67. The molecule has 1 unspecified atom stereocenters. The largest absolute Gasteiger partial charge is 0.356 e. The van der Waals surface area contributed by atoms with Gasteiger partial charge in [0.05, 0.1) is 5.69 Å². The standard InChI is InChI=1S/C26H33N5O2/c1-18(2)17-31-22-13-6-5-12-21(22)24(30-14-7-4-8-15-30)28-23(25(31)32)29-26(33)27-20-11-9-10-19(3)16-20/h5-6,9-13,16,18,23H,4,7-8,14-15,17H2,1-3H3,(H2,27,29,33). The minimum atomic E-state index is -1.00. The number of para-hydroxylation sites is 1. The third kappa shape index (κ3) is 5.35. The fraction of sp³-hybridized carbons (Fsp3) is 0.423. The Bertz CT molecular complexity index is 1040. The summed E-state index contributed by atoms with van der Waals surface area (Å²) in [6.45, 7) is 8.48. The zero-order valence-electron chi connectivity index (χ0n) is 19.7. The van der Waals surface area contributed by atoms with Gasteiger partial charge in [-0.3, -0.25) is 4.79 Å². The predicted molar refractivity (Wildman–Crippen MR) is 133 cm³/mol. The van der Waals surface area contributed by atoms with E-state index in [1.165, 1.54) is 6.42 Å². The van der Waals surface area contributed by atoms with E-state index in [2.05, 4.69) is 29.4 Å². The van der Waals surface area contributed by atoms with Gasteiger partial charge in [0.1, 0.15) is 5.84 Å². The van der Waals surface area contributed by atoms with Crippen molar-refractivity contribution in [3.63, 3.8) is 0 Å². The lowest BCUT2D eigenvalue weighted by Crippen LogP contribution is -2.49. The van der Waals surface area contributed by atoms with Gasteiger partial charge in [0.25, 0.3) is 5.91 Å². The van der Waals surface area contributed by atoms with E-state index in [0.29, 0.717) is 12.2 Å². The highest BCUT2D eigenvalue weighted by molar-refractivity contribution is 6.12. The Morgan fingerprint density at radius 3 is 2.58 bits per heavy atom. The van der Waals surface area contributed by atoms with Gasteiger partial charge in [-0.05, 0) is 61.9 Å². The van der Waals surface area contributed by atoms with Crippen LogP contribution in [0.3, 0.4) is 0 Å². The summed E-state index contributed by atoms with van der Waals surface area (Å²) in [6.07, 6.45) is 2.38. The van der Waals surface area contributed by atoms with Crippen molar-refractivity contribution in [3.05, 3.63) is 59.7 Å². The minimum Gasteiger partial charge on any atom is -0.356 e. The molecule has 2 aromatic carbocycles. The van der Waals surface area contributed by atoms with Crippen LogP contribution < -0.4 is 15.5 Å². The quantitative estimate of drug-likeness (QED) is 0.730. The van der Waals surface area contributed by atoms with Gasteiger partial charge in [0.15, 0.2) is 0 Å². The van der Waals surface area contributed by atoms with Gasteiger partial charge >= 0.3 is 6.03 Å². The summed E-state index contributed by atoms with van der Waals surface area (Å²) in [6, 6.07) is 15.0. The molecule has 4 rings (SSSR count). The summed E-state index contributed by atoms with van der Waals surface area (Å²) in [7, 11) is 0. The number of hydrogen-bond donors (Lipinski definition) is 2. The van der Waals surface area contributed by atoms with E-state index >= 15 is 0 Å². The first kappa shape index (κ1) is 22.8. The SMILES string of the molecule is Cc1cccc(NC(=O)NC2N=C(N3CCCCC3)c3ccccc3N(CC(C)C)C2=O)c1. The molecule has 1 atom stereocenters. The van der Waals surface area contributed by atoms with Crippen LogP contribution in [0.25, 0.3) is 0 Å². The van der Waals surface area contributed by atoms with Crippen molar-refractivity contribution >= 4 is 29.1 Å². The van der Waals surface area contributed by atoms with Crippen molar-refractivity contribution in [1.82, 2.24) is 10.2 Å². The Kier molecular flexibility index (Phi) is 6.96. The molecule has 2 heterocycles. The molecule has 0 aromatic heterocycles. The molecule has 7 heteroatoms. The number of carbonyl (C=O) groups excluding carboxylic acids is 2. The van der Waals surface area contributed by atoms with E-state index in [1.807, 2.05) is 55.5 Å². The molecule has 0 saturated carbocycles. The van der Waals surface area contributed by atoms with E-state index in [9.17, 15) is 9.59 Å². The van der Waals surface area contributed by atoms with Crippen molar-refractivity contribution in [2.45, 2.75) is 46.2 Å². The molecule has 2 aromatic rings. The molecule has 0 bridgehead atoms. The van der Waals surface area contributed by atoms with Crippen LogP contribution in [0.2, 0.25) is 0 Å². The van der Waals surface area contributed by atoms with Gasteiger partial charge in [-0.15, -0.1) is 0 Å². The smallest absolute Gasteiger partial charge is 0.321 e. The molecule has 3 amide bonds. The molecule has 1 fully saturated rings. The van der Waals surface area contributed by atoms with Gasteiger partial charge in [-0.2, -0.15) is 0 Å². The number of aryl methyl sites for hydroxylation is 1. The number of urea groups is 1. The van der Waals surface area contributed by atoms with Crippen molar-refractivity contribution in [3.8, 4) is 0 Å². The maximum absolute atomic E-state index is 13.7. The molecular formula is C26H33N5O2. The van der Waals surface area contributed by atoms with Crippen LogP contribution in [0.4, 0.5) is 16.2 Å². The van der Waals surface area contributed by atoms with Crippen LogP contribution in [0.15, 0.2) is 53.5 Å². The molecule has 2 aliphatic heterocycles. The van der Waals surface area contributed by atoms with Crippen LogP contribution >= 0.6 is 0 Å². The van der Waals surface area contributed by atoms with Gasteiger partial charge < -0.3 is 20.4 Å². The number of benzene rings is 2. The number of amidine groups is 1.